The van der Waals surface area contributed by atoms with Crippen molar-refractivity contribution in [3.05, 3.63) is 0 Å². The van der Waals surface area contributed by atoms with Gasteiger partial charge in [-0.25, -0.2) is 13.2 Å². The van der Waals surface area contributed by atoms with Crippen LogP contribution >= 0.6 is 0 Å². The Kier molecular flexibility index (Phi) is 4.17. The lowest BCUT2D eigenvalue weighted by Gasteiger charge is -2.33. The molecular formula is C15H26N2O3S. The maximum absolute atomic E-state index is 12.3. The van der Waals surface area contributed by atoms with Crippen LogP contribution in [0.2, 0.25) is 0 Å². The lowest BCUT2D eigenvalue weighted by Crippen LogP contribution is -2.42. The Morgan fingerprint density at radius 2 is 1.95 bits per heavy atom. The van der Waals surface area contributed by atoms with Crippen LogP contribution in [0.25, 0.3) is 0 Å². The molecule has 120 valence electrons. The van der Waals surface area contributed by atoms with Crippen molar-refractivity contribution in [3.63, 3.8) is 0 Å². The normalized spacial score (nSPS) is 30.7. The van der Waals surface area contributed by atoms with Gasteiger partial charge in [0.15, 0.2) is 9.84 Å². The molecule has 2 amide bonds. The third-order valence-corrected chi connectivity index (χ3v) is 7.35. The Labute approximate surface area is 127 Å². The van der Waals surface area contributed by atoms with Gasteiger partial charge in [-0.1, -0.05) is 19.3 Å². The second-order valence-electron chi connectivity index (χ2n) is 7.19. The Balaban J connectivity index is 1.46. The van der Waals surface area contributed by atoms with E-state index in [4.69, 9.17) is 0 Å². The Bertz CT molecular complexity index is 497. The predicted molar refractivity (Wildman–Crippen MR) is 81.9 cm³/mol. The van der Waals surface area contributed by atoms with E-state index in [1.54, 1.807) is 0 Å². The van der Waals surface area contributed by atoms with Gasteiger partial charge in [0, 0.05) is 19.6 Å². The first-order valence-corrected chi connectivity index (χ1v) is 10.0. The maximum atomic E-state index is 12.3. The molecule has 2 heterocycles. The van der Waals surface area contributed by atoms with E-state index in [0.717, 1.165) is 19.5 Å². The first-order valence-electron chi connectivity index (χ1n) is 8.21. The molecule has 1 N–H and O–H groups in total. The number of sulfone groups is 1. The Hall–Kier alpha value is -0.780. The van der Waals surface area contributed by atoms with Crippen molar-refractivity contribution in [1.29, 1.82) is 0 Å². The fourth-order valence-corrected chi connectivity index (χ4v) is 6.06. The summed E-state index contributed by atoms with van der Waals surface area (Å²) >= 11 is 0. The topological polar surface area (TPSA) is 66.5 Å². The van der Waals surface area contributed by atoms with Gasteiger partial charge in [-0.2, -0.15) is 0 Å². The van der Waals surface area contributed by atoms with Crippen LogP contribution in [0, 0.1) is 11.3 Å². The van der Waals surface area contributed by atoms with Crippen molar-refractivity contribution in [3.8, 4) is 0 Å². The zero-order valence-corrected chi connectivity index (χ0v) is 13.5. The first kappa shape index (κ1) is 15.1. The summed E-state index contributed by atoms with van der Waals surface area (Å²) in [5.41, 5.74) is 0.381. The molecular weight excluding hydrogens is 288 g/mol. The van der Waals surface area contributed by atoms with Crippen molar-refractivity contribution < 1.29 is 13.2 Å². The van der Waals surface area contributed by atoms with E-state index in [1.807, 2.05) is 4.90 Å². The number of likely N-dealkylation sites (tertiary alicyclic amines) is 1. The van der Waals surface area contributed by atoms with Crippen LogP contribution in [0.3, 0.4) is 0 Å². The number of rotatable bonds is 2. The second-order valence-corrected chi connectivity index (χ2v) is 9.42. The Morgan fingerprint density at radius 1 is 1.19 bits per heavy atom. The molecule has 0 aromatic heterocycles. The van der Waals surface area contributed by atoms with Crippen molar-refractivity contribution in [2.24, 2.45) is 11.3 Å². The van der Waals surface area contributed by atoms with Crippen LogP contribution in [-0.4, -0.2) is 50.5 Å². The van der Waals surface area contributed by atoms with Gasteiger partial charge in [-0.05, 0) is 37.0 Å². The molecule has 3 aliphatic rings. The van der Waals surface area contributed by atoms with Gasteiger partial charge in [0.2, 0.25) is 0 Å². The molecule has 5 nitrogen and oxygen atoms in total. The number of amides is 2. The molecule has 3 fully saturated rings. The van der Waals surface area contributed by atoms with Crippen molar-refractivity contribution in [2.45, 2.75) is 44.9 Å². The smallest absolute Gasteiger partial charge is 0.317 e. The SMILES string of the molecule is O=C(NC[C@H]1CCS(=O)(=O)C1)N1CCC2(CCCCC2)C1. The number of carbonyl (C=O) groups is 1. The van der Waals surface area contributed by atoms with E-state index in [-0.39, 0.29) is 23.5 Å². The van der Waals surface area contributed by atoms with Crippen LogP contribution in [0.4, 0.5) is 4.79 Å². The zero-order chi connectivity index (χ0) is 14.9. The standard InChI is InChI=1S/C15H26N2O3S/c18-14(16-10-13-4-9-21(19,20)11-13)17-8-7-15(12-17)5-2-1-3-6-15/h13H,1-12H2,(H,16,18)/t13-/m1/s1. The lowest BCUT2D eigenvalue weighted by molar-refractivity contribution is 0.176. The molecule has 0 radical (unpaired) electrons. The monoisotopic (exact) mass is 314 g/mol. The minimum Gasteiger partial charge on any atom is -0.338 e. The van der Waals surface area contributed by atoms with Crippen LogP contribution in [0.1, 0.15) is 44.9 Å². The molecule has 3 rings (SSSR count). The molecule has 21 heavy (non-hydrogen) atoms. The third kappa shape index (κ3) is 3.52. The summed E-state index contributed by atoms with van der Waals surface area (Å²) in [7, 11) is -2.85. The molecule has 0 aromatic carbocycles. The van der Waals surface area contributed by atoms with Crippen molar-refractivity contribution in [2.75, 3.05) is 31.1 Å². The number of carbonyl (C=O) groups excluding carboxylic acids is 1. The summed E-state index contributed by atoms with van der Waals surface area (Å²) in [6.45, 7) is 2.25. The number of nitrogens with zero attached hydrogens (tertiary/aromatic N) is 1. The highest BCUT2D eigenvalue weighted by Gasteiger charge is 2.40. The average Bonchev–Trinajstić information content (AvgIpc) is 3.01. The molecule has 1 spiro atoms. The molecule has 0 unspecified atom stereocenters. The van der Waals surface area contributed by atoms with Gasteiger partial charge in [-0.15, -0.1) is 0 Å². The summed E-state index contributed by atoms with van der Waals surface area (Å²) in [4.78, 5) is 14.2. The van der Waals surface area contributed by atoms with Crippen LogP contribution in [0.5, 0.6) is 0 Å². The maximum Gasteiger partial charge on any atom is 0.317 e. The largest absolute Gasteiger partial charge is 0.338 e. The second kappa shape index (κ2) is 5.78. The summed E-state index contributed by atoms with van der Waals surface area (Å²) in [6.07, 6.45) is 8.29. The third-order valence-electron chi connectivity index (χ3n) is 5.51. The van der Waals surface area contributed by atoms with Crippen LogP contribution in [0.15, 0.2) is 0 Å². The fourth-order valence-electron chi connectivity index (χ4n) is 4.19. The minimum atomic E-state index is -2.85. The van der Waals surface area contributed by atoms with Gasteiger partial charge >= 0.3 is 6.03 Å². The number of nitrogens with one attached hydrogen (secondary N) is 1. The molecule has 2 aliphatic heterocycles. The fraction of sp³-hybridized carbons (Fsp3) is 0.933. The molecule has 1 atom stereocenters. The molecule has 2 saturated heterocycles. The van der Waals surface area contributed by atoms with Crippen molar-refractivity contribution >= 4 is 15.9 Å². The first-order chi connectivity index (χ1) is 9.98. The van der Waals surface area contributed by atoms with E-state index < -0.39 is 9.84 Å². The summed E-state index contributed by atoms with van der Waals surface area (Å²) in [5, 5.41) is 2.95. The molecule has 0 bridgehead atoms. The molecule has 1 saturated carbocycles. The van der Waals surface area contributed by atoms with Crippen LogP contribution < -0.4 is 5.32 Å². The van der Waals surface area contributed by atoms with Gasteiger partial charge < -0.3 is 10.2 Å². The van der Waals surface area contributed by atoms with Crippen LogP contribution in [-0.2, 0) is 9.84 Å². The van der Waals surface area contributed by atoms with E-state index in [0.29, 0.717) is 18.4 Å². The zero-order valence-electron chi connectivity index (χ0n) is 12.6. The van der Waals surface area contributed by atoms with Gasteiger partial charge in [0.05, 0.1) is 11.5 Å². The summed E-state index contributed by atoms with van der Waals surface area (Å²) < 4.78 is 22.8. The van der Waals surface area contributed by atoms with E-state index in [2.05, 4.69) is 5.32 Å². The summed E-state index contributed by atoms with van der Waals surface area (Å²) in [6, 6.07) is 0.00162. The number of hydrogen-bond acceptors (Lipinski definition) is 3. The minimum absolute atomic E-state index is 0.00162. The molecule has 0 aromatic rings. The van der Waals surface area contributed by atoms with E-state index in [1.165, 1.54) is 32.1 Å². The number of urea groups is 1. The summed E-state index contributed by atoms with van der Waals surface area (Å²) in [5.74, 6) is 0.614. The van der Waals surface area contributed by atoms with E-state index in [9.17, 15) is 13.2 Å². The number of hydrogen-bond donors (Lipinski definition) is 1. The lowest BCUT2D eigenvalue weighted by atomic mass is 9.73. The van der Waals surface area contributed by atoms with E-state index >= 15 is 0 Å². The Morgan fingerprint density at radius 3 is 2.62 bits per heavy atom. The highest BCUT2D eigenvalue weighted by molar-refractivity contribution is 7.91. The molecule has 1 aliphatic carbocycles. The predicted octanol–water partition coefficient (Wildman–Crippen LogP) is 1.79. The molecule has 6 heteroatoms. The van der Waals surface area contributed by atoms with Gasteiger partial charge in [0.1, 0.15) is 0 Å². The van der Waals surface area contributed by atoms with Gasteiger partial charge in [-0.3, -0.25) is 0 Å². The highest BCUT2D eigenvalue weighted by Crippen LogP contribution is 2.43. The van der Waals surface area contributed by atoms with Gasteiger partial charge in [0.25, 0.3) is 0 Å². The van der Waals surface area contributed by atoms with Crippen molar-refractivity contribution in [1.82, 2.24) is 10.2 Å². The highest BCUT2D eigenvalue weighted by atomic mass is 32.2. The quantitative estimate of drug-likeness (QED) is 0.845. The average molecular weight is 314 g/mol.